The minimum Gasteiger partial charge on any atom is -0.306 e. The average molecular weight is 323 g/mol. The van der Waals surface area contributed by atoms with Gasteiger partial charge in [0.15, 0.2) is 0 Å². The Kier molecular flexibility index (Phi) is 6.75. The minimum absolute atomic E-state index is 0.955. The third-order valence-electron chi connectivity index (χ3n) is 6.49. The van der Waals surface area contributed by atoms with E-state index in [1.54, 1.807) is 0 Å². The third-order valence-corrected chi connectivity index (χ3v) is 6.49. The molecule has 0 aromatic heterocycles. The monoisotopic (exact) mass is 322 g/mol. The second kappa shape index (κ2) is 8.80. The van der Waals surface area contributed by atoms with E-state index in [0.717, 1.165) is 11.8 Å². The molecule has 4 nitrogen and oxygen atoms in total. The molecule has 3 heterocycles. The summed E-state index contributed by atoms with van der Waals surface area (Å²) in [5.41, 5.74) is 0. The van der Waals surface area contributed by atoms with Crippen molar-refractivity contribution in [2.75, 3.05) is 79.0 Å². The minimum atomic E-state index is 0.955. The molecule has 0 amide bonds. The summed E-state index contributed by atoms with van der Waals surface area (Å²) in [5, 5.41) is 0. The van der Waals surface area contributed by atoms with Gasteiger partial charge in [-0.05, 0) is 77.3 Å². The lowest BCUT2D eigenvalue weighted by molar-refractivity contribution is 0.0868. The molecule has 3 aliphatic heterocycles. The van der Waals surface area contributed by atoms with Gasteiger partial charge in [0.1, 0.15) is 0 Å². The molecule has 0 aliphatic carbocycles. The summed E-state index contributed by atoms with van der Waals surface area (Å²) < 4.78 is 0. The summed E-state index contributed by atoms with van der Waals surface area (Å²) in [6, 6.07) is 0. The smallest absolute Gasteiger partial charge is 0.0110 e. The van der Waals surface area contributed by atoms with Gasteiger partial charge >= 0.3 is 0 Å². The highest BCUT2D eigenvalue weighted by Gasteiger charge is 2.25. The van der Waals surface area contributed by atoms with Gasteiger partial charge in [-0.15, -0.1) is 0 Å². The zero-order chi connectivity index (χ0) is 16.1. The van der Waals surface area contributed by atoms with E-state index in [1.165, 1.54) is 97.7 Å². The van der Waals surface area contributed by atoms with Crippen molar-refractivity contribution in [3.63, 3.8) is 0 Å². The Morgan fingerprint density at radius 2 is 1.04 bits per heavy atom. The number of rotatable bonds is 5. The zero-order valence-electron chi connectivity index (χ0n) is 15.6. The molecule has 134 valence electrons. The van der Waals surface area contributed by atoms with Gasteiger partial charge < -0.3 is 19.6 Å². The number of piperidine rings is 2. The first-order chi connectivity index (χ1) is 11.2. The standard InChI is InChI=1S/C19H38N4/c1-3-21-12-14-23(15-13-21)17-19-6-10-22(11-7-19)16-18-4-8-20(2)9-5-18/h18-19H,3-17H2,1-2H3. The second-order valence-electron chi connectivity index (χ2n) is 8.23. The van der Waals surface area contributed by atoms with Gasteiger partial charge in [0.2, 0.25) is 0 Å². The van der Waals surface area contributed by atoms with E-state index in [1.807, 2.05) is 0 Å². The van der Waals surface area contributed by atoms with E-state index >= 15 is 0 Å². The molecule has 0 spiro atoms. The fourth-order valence-corrected chi connectivity index (χ4v) is 4.61. The molecule has 0 unspecified atom stereocenters. The van der Waals surface area contributed by atoms with Crippen molar-refractivity contribution < 1.29 is 0 Å². The molecule has 3 aliphatic rings. The van der Waals surface area contributed by atoms with Gasteiger partial charge in [0.25, 0.3) is 0 Å². The lowest BCUT2D eigenvalue weighted by Gasteiger charge is -2.40. The highest BCUT2D eigenvalue weighted by Crippen LogP contribution is 2.23. The normalized spacial score (nSPS) is 28.4. The molecule has 0 N–H and O–H groups in total. The van der Waals surface area contributed by atoms with Crippen LogP contribution in [-0.2, 0) is 0 Å². The first-order valence-electron chi connectivity index (χ1n) is 10.1. The maximum absolute atomic E-state index is 2.77. The summed E-state index contributed by atoms with van der Waals surface area (Å²) in [7, 11) is 2.27. The Bertz CT molecular complexity index is 324. The Labute approximate surface area is 143 Å². The van der Waals surface area contributed by atoms with Gasteiger partial charge in [-0.25, -0.2) is 0 Å². The van der Waals surface area contributed by atoms with Crippen molar-refractivity contribution in [2.24, 2.45) is 11.8 Å². The summed E-state index contributed by atoms with van der Waals surface area (Å²) in [6.45, 7) is 16.7. The van der Waals surface area contributed by atoms with Crippen molar-refractivity contribution >= 4 is 0 Å². The lowest BCUT2D eigenvalue weighted by atomic mass is 9.92. The van der Waals surface area contributed by atoms with Crippen molar-refractivity contribution in [3.05, 3.63) is 0 Å². The van der Waals surface area contributed by atoms with Crippen LogP contribution in [0.2, 0.25) is 0 Å². The number of likely N-dealkylation sites (N-methyl/N-ethyl adjacent to an activating group) is 1. The number of likely N-dealkylation sites (tertiary alicyclic amines) is 2. The van der Waals surface area contributed by atoms with Crippen LogP contribution in [0.25, 0.3) is 0 Å². The first-order valence-corrected chi connectivity index (χ1v) is 10.1. The molecule has 4 heteroatoms. The van der Waals surface area contributed by atoms with E-state index in [-0.39, 0.29) is 0 Å². The third kappa shape index (κ3) is 5.42. The van der Waals surface area contributed by atoms with Gasteiger partial charge in [0.05, 0.1) is 0 Å². The number of piperazine rings is 1. The largest absolute Gasteiger partial charge is 0.306 e. The van der Waals surface area contributed by atoms with E-state index in [4.69, 9.17) is 0 Å². The highest BCUT2D eigenvalue weighted by molar-refractivity contribution is 4.80. The number of nitrogens with zero attached hydrogens (tertiary/aromatic N) is 4. The van der Waals surface area contributed by atoms with Crippen LogP contribution in [0.4, 0.5) is 0 Å². The predicted molar refractivity (Wildman–Crippen MR) is 97.9 cm³/mol. The lowest BCUT2D eigenvalue weighted by Crippen LogP contribution is -2.49. The fourth-order valence-electron chi connectivity index (χ4n) is 4.61. The zero-order valence-corrected chi connectivity index (χ0v) is 15.6. The molecule has 0 atom stereocenters. The Balaban J connectivity index is 1.31. The maximum Gasteiger partial charge on any atom is 0.0110 e. The molecule has 0 bridgehead atoms. The second-order valence-corrected chi connectivity index (χ2v) is 8.23. The molecular weight excluding hydrogens is 284 g/mol. The van der Waals surface area contributed by atoms with E-state index in [2.05, 4.69) is 33.6 Å². The van der Waals surface area contributed by atoms with Crippen LogP contribution in [0.5, 0.6) is 0 Å². The fraction of sp³-hybridized carbons (Fsp3) is 1.00. The summed E-state index contributed by atoms with van der Waals surface area (Å²) in [5.74, 6) is 1.92. The molecule has 23 heavy (non-hydrogen) atoms. The Morgan fingerprint density at radius 3 is 1.57 bits per heavy atom. The van der Waals surface area contributed by atoms with Crippen LogP contribution in [0.15, 0.2) is 0 Å². The van der Waals surface area contributed by atoms with Crippen molar-refractivity contribution in [3.8, 4) is 0 Å². The van der Waals surface area contributed by atoms with Gasteiger partial charge in [0, 0.05) is 39.3 Å². The van der Waals surface area contributed by atoms with Crippen LogP contribution < -0.4 is 0 Å². The molecule has 0 aromatic rings. The molecule has 0 radical (unpaired) electrons. The van der Waals surface area contributed by atoms with Gasteiger partial charge in [-0.3, -0.25) is 0 Å². The van der Waals surface area contributed by atoms with Crippen molar-refractivity contribution in [1.29, 1.82) is 0 Å². The van der Waals surface area contributed by atoms with Crippen LogP contribution in [-0.4, -0.2) is 98.6 Å². The average Bonchev–Trinajstić information content (AvgIpc) is 2.59. The van der Waals surface area contributed by atoms with Crippen molar-refractivity contribution in [2.45, 2.75) is 32.6 Å². The molecule has 0 saturated carbocycles. The molecular formula is C19H38N4. The van der Waals surface area contributed by atoms with Crippen LogP contribution in [0.1, 0.15) is 32.6 Å². The van der Waals surface area contributed by atoms with Crippen molar-refractivity contribution in [1.82, 2.24) is 19.6 Å². The van der Waals surface area contributed by atoms with E-state index in [9.17, 15) is 0 Å². The summed E-state index contributed by atoms with van der Waals surface area (Å²) in [6.07, 6.45) is 5.69. The predicted octanol–water partition coefficient (Wildman–Crippen LogP) is 1.68. The number of hydrogen-bond acceptors (Lipinski definition) is 4. The van der Waals surface area contributed by atoms with Gasteiger partial charge in [-0.2, -0.15) is 0 Å². The first kappa shape index (κ1) is 17.7. The van der Waals surface area contributed by atoms with E-state index in [0.29, 0.717) is 0 Å². The van der Waals surface area contributed by atoms with Crippen LogP contribution in [0.3, 0.4) is 0 Å². The van der Waals surface area contributed by atoms with Crippen LogP contribution in [0, 0.1) is 11.8 Å². The van der Waals surface area contributed by atoms with Crippen LogP contribution >= 0.6 is 0 Å². The number of hydrogen-bond donors (Lipinski definition) is 0. The quantitative estimate of drug-likeness (QED) is 0.763. The van der Waals surface area contributed by atoms with Gasteiger partial charge in [-0.1, -0.05) is 6.92 Å². The molecule has 3 fully saturated rings. The summed E-state index contributed by atoms with van der Waals surface area (Å²) in [4.78, 5) is 10.6. The topological polar surface area (TPSA) is 13.0 Å². The Morgan fingerprint density at radius 1 is 0.609 bits per heavy atom. The Hall–Kier alpha value is -0.160. The molecule has 3 rings (SSSR count). The summed E-state index contributed by atoms with van der Waals surface area (Å²) >= 11 is 0. The molecule has 0 aromatic carbocycles. The molecule has 3 saturated heterocycles. The SMILES string of the molecule is CCN1CCN(CC2CCN(CC3CCN(C)CC3)CC2)CC1. The maximum atomic E-state index is 2.77. The van der Waals surface area contributed by atoms with E-state index < -0.39 is 0 Å². The highest BCUT2D eigenvalue weighted by atomic mass is 15.3.